The van der Waals surface area contributed by atoms with Crippen molar-refractivity contribution in [3.8, 4) is 22.8 Å². The molecule has 1 heterocycles. The van der Waals surface area contributed by atoms with Crippen LogP contribution in [0.4, 0.5) is 0 Å². The van der Waals surface area contributed by atoms with Crippen molar-refractivity contribution in [2.24, 2.45) is 5.73 Å². The van der Waals surface area contributed by atoms with Crippen molar-refractivity contribution in [2.45, 2.75) is 33.1 Å². The number of nitrogens with two attached hydrogens (primary N) is 1. The number of H-pyrrole nitrogens is 1. The van der Waals surface area contributed by atoms with Crippen molar-refractivity contribution in [3.63, 3.8) is 0 Å². The molecule has 4 nitrogen and oxygen atoms in total. The van der Waals surface area contributed by atoms with Crippen molar-refractivity contribution in [1.29, 1.82) is 0 Å². The summed E-state index contributed by atoms with van der Waals surface area (Å²) in [7, 11) is 0. The van der Waals surface area contributed by atoms with E-state index in [1.54, 1.807) is 0 Å². The van der Waals surface area contributed by atoms with E-state index in [-0.39, 0.29) is 0 Å². The van der Waals surface area contributed by atoms with E-state index in [0.717, 1.165) is 57.4 Å². The molecule has 6 heteroatoms. The molecule has 1 aromatic heterocycles. The van der Waals surface area contributed by atoms with Gasteiger partial charge in [-0.2, -0.15) is 0 Å². The third-order valence-corrected chi connectivity index (χ3v) is 5.49. The Labute approximate surface area is 179 Å². The number of aromatic nitrogens is 1. The SMILES string of the molecule is CCOc1ccc(-c2[nH]c3c(Br)cc(Cl)cc3c2CCCCN)cc1OCC. The lowest BCUT2D eigenvalue weighted by Gasteiger charge is -2.13. The highest BCUT2D eigenvalue weighted by Crippen LogP contribution is 2.39. The number of hydrogen-bond donors (Lipinski definition) is 2. The van der Waals surface area contributed by atoms with Gasteiger partial charge < -0.3 is 20.2 Å². The third kappa shape index (κ3) is 4.48. The molecular formula is C22H26BrClN2O2. The molecule has 0 amide bonds. The molecule has 0 aliphatic carbocycles. The number of ether oxygens (including phenoxy) is 2. The van der Waals surface area contributed by atoms with Crippen LogP contribution in [0.1, 0.15) is 32.3 Å². The second-order valence-electron chi connectivity index (χ2n) is 6.56. The van der Waals surface area contributed by atoms with E-state index >= 15 is 0 Å². The van der Waals surface area contributed by atoms with E-state index in [1.165, 1.54) is 5.56 Å². The van der Waals surface area contributed by atoms with Crippen LogP contribution in [0.2, 0.25) is 5.02 Å². The highest BCUT2D eigenvalue weighted by Gasteiger charge is 2.17. The van der Waals surface area contributed by atoms with E-state index < -0.39 is 0 Å². The normalized spacial score (nSPS) is 11.2. The summed E-state index contributed by atoms with van der Waals surface area (Å²) in [5.41, 5.74) is 10.2. The van der Waals surface area contributed by atoms with Crippen LogP contribution < -0.4 is 15.2 Å². The monoisotopic (exact) mass is 464 g/mol. The molecule has 3 rings (SSSR count). The number of benzene rings is 2. The maximum atomic E-state index is 6.33. The Kier molecular flexibility index (Phi) is 7.27. The summed E-state index contributed by atoms with van der Waals surface area (Å²) in [6.07, 6.45) is 2.94. The highest BCUT2D eigenvalue weighted by molar-refractivity contribution is 9.10. The molecule has 0 saturated heterocycles. The van der Waals surface area contributed by atoms with Gasteiger partial charge in [-0.15, -0.1) is 0 Å². The predicted octanol–water partition coefficient (Wildman–Crippen LogP) is 6.33. The summed E-state index contributed by atoms with van der Waals surface area (Å²) < 4.78 is 12.5. The minimum absolute atomic E-state index is 0.584. The Morgan fingerprint density at radius 3 is 2.50 bits per heavy atom. The van der Waals surface area contributed by atoms with Crippen LogP contribution in [0.5, 0.6) is 11.5 Å². The largest absolute Gasteiger partial charge is 0.490 e. The molecule has 3 N–H and O–H groups in total. The number of hydrogen-bond acceptors (Lipinski definition) is 3. The third-order valence-electron chi connectivity index (χ3n) is 4.64. The molecule has 2 aromatic carbocycles. The second-order valence-corrected chi connectivity index (χ2v) is 7.85. The van der Waals surface area contributed by atoms with Gasteiger partial charge in [-0.05, 0) is 91.5 Å². The molecule has 0 aliphatic heterocycles. The Balaban J connectivity index is 2.14. The van der Waals surface area contributed by atoms with Crippen LogP contribution in [0.25, 0.3) is 22.2 Å². The first-order valence-corrected chi connectivity index (χ1v) is 10.9. The Hall–Kier alpha value is -1.69. The number of halogens is 2. The lowest BCUT2D eigenvalue weighted by atomic mass is 10.00. The molecule has 0 saturated carbocycles. The van der Waals surface area contributed by atoms with Crippen molar-refractivity contribution in [3.05, 3.63) is 45.4 Å². The van der Waals surface area contributed by atoms with E-state index in [9.17, 15) is 0 Å². The van der Waals surface area contributed by atoms with Gasteiger partial charge in [0.2, 0.25) is 0 Å². The lowest BCUT2D eigenvalue weighted by Crippen LogP contribution is -2.00. The molecular weight excluding hydrogens is 440 g/mol. The van der Waals surface area contributed by atoms with Crippen LogP contribution in [0.15, 0.2) is 34.8 Å². The van der Waals surface area contributed by atoms with E-state index in [1.807, 2.05) is 38.1 Å². The van der Waals surface area contributed by atoms with Gasteiger partial charge in [0.1, 0.15) is 0 Å². The maximum absolute atomic E-state index is 6.33. The predicted molar refractivity (Wildman–Crippen MR) is 121 cm³/mol. The summed E-state index contributed by atoms with van der Waals surface area (Å²) >= 11 is 9.97. The quantitative estimate of drug-likeness (QED) is 0.363. The van der Waals surface area contributed by atoms with Crippen LogP contribution in [-0.4, -0.2) is 24.7 Å². The highest BCUT2D eigenvalue weighted by atomic mass is 79.9. The number of fused-ring (bicyclic) bond motifs is 1. The summed E-state index contributed by atoms with van der Waals surface area (Å²) in [6.45, 7) is 5.82. The Morgan fingerprint density at radius 1 is 1.04 bits per heavy atom. The zero-order valence-electron chi connectivity index (χ0n) is 16.3. The van der Waals surface area contributed by atoms with Gasteiger partial charge in [-0.3, -0.25) is 0 Å². The minimum Gasteiger partial charge on any atom is -0.490 e. The standard InChI is InChI=1S/C22H26BrClN2O2/c1-3-27-19-9-8-14(11-20(19)28-4-2)21-16(7-5-6-10-25)17-12-15(24)13-18(23)22(17)26-21/h8-9,11-13,26H,3-7,10,25H2,1-2H3. The first-order chi connectivity index (χ1) is 13.6. The smallest absolute Gasteiger partial charge is 0.161 e. The fourth-order valence-electron chi connectivity index (χ4n) is 3.43. The minimum atomic E-state index is 0.584. The maximum Gasteiger partial charge on any atom is 0.161 e. The summed E-state index contributed by atoms with van der Waals surface area (Å²) in [6, 6.07) is 10.0. The average Bonchev–Trinajstić information content (AvgIpc) is 3.03. The fraction of sp³-hybridized carbons (Fsp3) is 0.364. The Bertz CT molecular complexity index is 955. The molecule has 0 radical (unpaired) electrons. The number of aromatic amines is 1. The van der Waals surface area contributed by atoms with Crippen LogP contribution in [0.3, 0.4) is 0 Å². The second kappa shape index (κ2) is 9.68. The molecule has 0 fully saturated rings. The van der Waals surface area contributed by atoms with Gasteiger partial charge in [0, 0.05) is 26.1 Å². The molecule has 0 atom stereocenters. The number of aryl methyl sites for hydroxylation is 1. The first kappa shape index (κ1) is 21.0. The van der Waals surface area contributed by atoms with Gasteiger partial charge in [-0.1, -0.05) is 11.6 Å². The van der Waals surface area contributed by atoms with Gasteiger partial charge in [-0.25, -0.2) is 0 Å². The van der Waals surface area contributed by atoms with E-state index in [2.05, 4.69) is 27.0 Å². The Morgan fingerprint density at radius 2 is 1.79 bits per heavy atom. The first-order valence-electron chi connectivity index (χ1n) is 9.68. The average molecular weight is 466 g/mol. The van der Waals surface area contributed by atoms with E-state index in [4.69, 9.17) is 26.8 Å². The van der Waals surface area contributed by atoms with Gasteiger partial charge in [0.15, 0.2) is 11.5 Å². The van der Waals surface area contributed by atoms with E-state index in [0.29, 0.717) is 24.8 Å². The zero-order chi connectivity index (χ0) is 20.1. The summed E-state index contributed by atoms with van der Waals surface area (Å²) in [5.74, 6) is 1.52. The lowest BCUT2D eigenvalue weighted by molar-refractivity contribution is 0.288. The zero-order valence-corrected chi connectivity index (χ0v) is 18.6. The van der Waals surface area contributed by atoms with Gasteiger partial charge >= 0.3 is 0 Å². The van der Waals surface area contributed by atoms with Crippen molar-refractivity contribution in [2.75, 3.05) is 19.8 Å². The number of unbranched alkanes of at least 4 members (excludes halogenated alkanes) is 1. The summed E-state index contributed by atoms with van der Waals surface area (Å²) in [4.78, 5) is 3.59. The van der Waals surface area contributed by atoms with Gasteiger partial charge in [0.05, 0.1) is 18.7 Å². The molecule has 0 spiro atoms. The van der Waals surface area contributed by atoms with Crippen molar-refractivity contribution in [1.82, 2.24) is 4.98 Å². The fourth-order valence-corrected chi connectivity index (χ4v) is 4.34. The van der Waals surface area contributed by atoms with Crippen molar-refractivity contribution >= 4 is 38.4 Å². The van der Waals surface area contributed by atoms with Gasteiger partial charge in [0.25, 0.3) is 0 Å². The topological polar surface area (TPSA) is 60.3 Å². The molecule has 3 aromatic rings. The number of rotatable bonds is 9. The van der Waals surface area contributed by atoms with Crippen LogP contribution in [0, 0.1) is 0 Å². The molecule has 0 bridgehead atoms. The van der Waals surface area contributed by atoms with Crippen molar-refractivity contribution < 1.29 is 9.47 Å². The molecule has 0 aliphatic rings. The van der Waals surface area contributed by atoms with Crippen LogP contribution in [-0.2, 0) is 6.42 Å². The van der Waals surface area contributed by atoms with Crippen LogP contribution >= 0.6 is 27.5 Å². The molecule has 0 unspecified atom stereocenters. The molecule has 28 heavy (non-hydrogen) atoms. The summed E-state index contributed by atoms with van der Waals surface area (Å²) in [5, 5.41) is 1.85. The number of nitrogens with one attached hydrogen (secondary N) is 1. The molecule has 150 valence electrons.